The number of fused-ring (bicyclic) bond motifs is 2. The van der Waals surface area contributed by atoms with E-state index in [1.165, 1.54) is 6.07 Å². The van der Waals surface area contributed by atoms with Gasteiger partial charge in [0.15, 0.2) is 0 Å². The Bertz CT molecular complexity index is 2210. The van der Waals surface area contributed by atoms with Crippen molar-refractivity contribution < 1.29 is 64.0 Å². The van der Waals surface area contributed by atoms with Gasteiger partial charge in [0.05, 0.1) is 25.6 Å². The molecule has 10 nitrogen and oxygen atoms in total. The van der Waals surface area contributed by atoms with E-state index in [2.05, 4.69) is 20.0 Å². The number of nitrogens with zero attached hydrogens (tertiary/aromatic N) is 4. The second-order valence-corrected chi connectivity index (χ2v) is 11.4. The van der Waals surface area contributed by atoms with Crippen molar-refractivity contribution >= 4 is 44.6 Å². The van der Waals surface area contributed by atoms with Gasteiger partial charge in [0.2, 0.25) is 0 Å². The summed E-state index contributed by atoms with van der Waals surface area (Å²) in [6.45, 7) is 3.59. The standard InChI is InChI=1S/C24H24N2O4.2C9H7NO.2Cu/c1-15(25-17-7-5-9-19(11-17)29-3)21-13-22(24(28)14-23(21)27)16(2)26-18-8-6-10-20(12-18)30-4;2*11-8-5-1-3-7-4-2-6-10-9(7)8;;/h5-14,27-28H,1-4H3;2*1-6,11H;;. The van der Waals surface area contributed by atoms with Crippen molar-refractivity contribution in [2.75, 3.05) is 14.2 Å². The smallest absolute Gasteiger partial charge is 0.141 e. The first kappa shape index (κ1) is 42.5. The number of phenolic OH excluding ortho intramolecular Hbond substituents is 4. The zero-order chi connectivity index (χ0) is 37.0. The van der Waals surface area contributed by atoms with E-state index in [0.717, 1.165) is 10.8 Å². The minimum atomic E-state index is -0.0606. The van der Waals surface area contributed by atoms with E-state index < -0.39 is 0 Å². The van der Waals surface area contributed by atoms with Gasteiger partial charge in [0.25, 0.3) is 0 Å². The molecule has 54 heavy (non-hydrogen) atoms. The number of hydrogen-bond acceptors (Lipinski definition) is 10. The monoisotopic (exact) mass is 820 g/mol. The number of benzene rings is 5. The number of aliphatic imine (C=N–C) groups is 2. The van der Waals surface area contributed by atoms with Crippen molar-refractivity contribution in [3.63, 3.8) is 0 Å². The Balaban J connectivity index is 0.000000265. The second kappa shape index (κ2) is 20.4. The summed E-state index contributed by atoms with van der Waals surface area (Å²) in [5.74, 6) is 1.75. The van der Waals surface area contributed by atoms with Crippen LogP contribution >= 0.6 is 0 Å². The van der Waals surface area contributed by atoms with Crippen molar-refractivity contribution in [1.82, 2.24) is 9.97 Å². The van der Waals surface area contributed by atoms with Crippen molar-refractivity contribution in [1.29, 1.82) is 0 Å². The van der Waals surface area contributed by atoms with Gasteiger partial charge in [-0.2, -0.15) is 0 Å². The number of methoxy groups -OCH3 is 2. The van der Waals surface area contributed by atoms with Gasteiger partial charge >= 0.3 is 0 Å². The van der Waals surface area contributed by atoms with E-state index in [1.807, 2.05) is 72.8 Å². The van der Waals surface area contributed by atoms with Crippen LogP contribution in [-0.4, -0.2) is 56.0 Å². The molecule has 0 spiro atoms. The number of aromatic nitrogens is 2. The van der Waals surface area contributed by atoms with Gasteiger partial charge in [-0.25, -0.2) is 0 Å². The Labute approximate surface area is 334 Å². The summed E-state index contributed by atoms with van der Waals surface area (Å²) < 4.78 is 10.5. The van der Waals surface area contributed by atoms with Crippen LogP contribution in [0.15, 0.2) is 144 Å². The number of rotatable bonds is 6. The summed E-state index contributed by atoms with van der Waals surface area (Å²) in [6.07, 6.45) is 3.34. The summed E-state index contributed by atoms with van der Waals surface area (Å²) in [4.78, 5) is 17.2. The average molecular weight is 822 g/mol. The van der Waals surface area contributed by atoms with Crippen LogP contribution in [0.4, 0.5) is 11.4 Å². The largest absolute Gasteiger partial charge is 0.507 e. The maximum Gasteiger partial charge on any atom is 0.141 e. The number of pyridine rings is 2. The maximum atomic E-state index is 10.4. The molecule has 0 amide bonds. The molecule has 0 aliphatic rings. The predicted molar refractivity (Wildman–Crippen MR) is 206 cm³/mol. The minimum Gasteiger partial charge on any atom is -0.507 e. The van der Waals surface area contributed by atoms with Gasteiger partial charge in [0.1, 0.15) is 45.5 Å². The normalized spacial score (nSPS) is 10.8. The number of aromatic hydroxyl groups is 4. The van der Waals surface area contributed by atoms with E-state index in [9.17, 15) is 20.4 Å². The van der Waals surface area contributed by atoms with Gasteiger partial charge in [-0.15, -0.1) is 0 Å². The summed E-state index contributed by atoms with van der Waals surface area (Å²) in [7, 11) is 3.19. The molecule has 0 aliphatic heterocycles. The SMILES string of the molecule is COc1cccc(N=C(C)c2cc(C(C)=Nc3cccc(OC)c3)c(O)cc2O)c1.Oc1cccc2cccnc12.Oc1cccc2cccnc12.[Cu].[Cu]. The molecule has 0 atom stereocenters. The number of ether oxygens (including phenoxy) is 2. The Morgan fingerprint density at radius 2 is 0.870 bits per heavy atom. The molecule has 0 unspecified atom stereocenters. The summed E-state index contributed by atoms with van der Waals surface area (Å²) in [6, 6.07) is 35.9. The van der Waals surface area contributed by atoms with Crippen LogP contribution in [0, 0.1) is 0 Å². The number of hydrogen-bond donors (Lipinski definition) is 4. The van der Waals surface area contributed by atoms with Crippen molar-refractivity contribution in [2.24, 2.45) is 9.98 Å². The molecule has 0 bridgehead atoms. The second-order valence-electron chi connectivity index (χ2n) is 11.4. The maximum absolute atomic E-state index is 10.4. The van der Waals surface area contributed by atoms with Crippen molar-refractivity contribution in [3.05, 3.63) is 145 Å². The Morgan fingerprint density at radius 3 is 1.26 bits per heavy atom. The van der Waals surface area contributed by atoms with Crippen LogP contribution in [0.1, 0.15) is 25.0 Å². The quantitative estimate of drug-likeness (QED) is 0.0958. The van der Waals surface area contributed by atoms with Gasteiger partial charge in [-0.1, -0.05) is 48.5 Å². The fourth-order valence-electron chi connectivity index (χ4n) is 5.20. The third-order valence-electron chi connectivity index (χ3n) is 7.82. The fraction of sp³-hybridized carbons (Fsp3) is 0.0952. The van der Waals surface area contributed by atoms with Crippen LogP contribution in [0.25, 0.3) is 21.8 Å². The van der Waals surface area contributed by atoms with E-state index in [0.29, 0.717) is 56.5 Å². The zero-order valence-electron chi connectivity index (χ0n) is 29.7. The predicted octanol–water partition coefficient (Wildman–Crippen LogP) is 9.27. The molecule has 2 radical (unpaired) electrons. The zero-order valence-corrected chi connectivity index (χ0v) is 31.6. The molecule has 7 aromatic rings. The minimum absolute atomic E-state index is 0. The van der Waals surface area contributed by atoms with Crippen LogP contribution in [-0.2, 0) is 34.1 Å². The molecule has 4 N–H and O–H groups in total. The molecule has 0 saturated carbocycles. The van der Waals surface area contributed by atoms with Crippen LogP contribution < -0.4 is 9.47 Å². The molecular weight excluding hydrogens is 784 g/mol. The summed E-state index contributed by atoms with van der Waals surface area (Å²) in [5.41, 5.74) is 4.92. The van der Waals surface area contributed by atoms with Gasteiger partial charge in [-0.05, 0) is 68.4 Å². The van der Waals surface area contributed by atoms with Crippen LogP contribution in [0.3, 0.4) is 0 Å². The summed E-state index contributed by atoms with van der Waals surface area (Å²) in [5, 5.41) is 41.3. The van der Waals surface area contributed by atoms with Crippen LogP contribution in [0.5, 0.6) is 34.5 Å². The van der Waals surface area contributed by atoms with E-state index in [4.69, 9.17) is 9.47 Å². The molecular formula is C42H38Cu2N4O6. The molecule has 2 heterocycles. The third kappa shape index (κ3) is 11.1. The molecule has 7 rings (SSSR count). The Kier molecular flexibility index (Phi) is 16.0. The topological polar surface area (TPSA) is 150 Å². The van der Waals surface area contributed by atoms with Crippen molar-refractivity contribution in [2.45, 2.75) is 13.8 Å². The Hall–Kier alpha value is -5.90. The third-order valence-corrected chi connectivity index (χ3v) is 7.82. The molecule has 0 aliphatic carbocycles. The molecule has 2 aromatic heterocycles. The molecule has 12 heteroatoms. The first-order valence-corrected chi connectivity index (χ1v) is 16.2. The Morgan fingerprint density at radius 1 is 0.481 bits per heavy atom. The fourth-order valence-corrected chi connectivity index (χ4v) is 5.20. The van der Waals surface area contributed by atoms with Gasteiger partial charge in [-0.3, -0.25) is 20.0 Å². The molecule has 0 fully saturated rings. The van der Waals surface area contributed by atoms with Crippen LogP contribution in [0.2, 0.25) is 0 Å². The molecule has 5 aromatic carbocycles. The molecule has 0 saturated heterocycles. The van der Waals surface area contributed by atoms with E-state index in [1.54, 1.807) is 82.9 Å². The van der Waals surface area contributed by atoms with Crippen molar-refractivity contribution in [3.8, 4) is 34.5 Å². The van der Waals surface area contributed by atoms with Gasteiger partial charge < -0.3 is 29.9 Å². The molecule has 284 valence electrons. The summed E-state index contributed by atoms with van der Waals surface area (Å²) >= 11 is 0. The number of phenols is 4. The first-order chi connectivity index (χ1) is 25.2. The van der Waals surface area contributed by atoms with E-state index in [-0.39, 0.29) is 57.1 Å². The average Bonchev–Trinajstić information content (AvgIpc) is 3.16. The first-order valence-electron chi connectivity index (χ1n) is 16.2. The number of para-hydroxylation sites is 2. The van der Waals surface area contributed by atoms with E-state index >= 15 is 0 Å². The van der Waals surface area contributed by atoms with Gasteiger partial charge in [0, 0.05) is 98.1 Å².